The van der Waals surface area contributed by atoms with Crippen LogP contribution in [0, 0.1) is 0 Å². The summed E-state index contributed by atoms with van der Waals surface area (Å²) in [4.78, 5) is 17.8. The first kappa shape index (κ1) is 21.4. The van der Waals surface area contributed by atoms with Crippen molar-refractivity contribution in [2.75, 3.05) is 5.32 Å². The zero-order valence-corrected chi connectivity index (χ0v) is 20.0. The number of oxazole rings is 1. The molecule has 0 aliphatic rings. The Balaban J connectivity index is 1.44. The molecule has 4 aromatic carbocycles. The fraction of sp³-hybridized carbons (Fsp3) is 0.143. The van der Waals surface area contributed by atoms with Gasteiger partial charge in [-0.1, -0.05) is 66.2 Å². The lowest BCUT2D eigenvalue weighted by Crippen LogP contribution is -2.12. The first-order valence-electron chi connectivity index (χ1n) is 11.0. The van der Waals surface area contributed by atoms with E-state index >= 15 is 0 Å². The molecule has 0 radical (unpaired) electrons. The van der Waals surface area contributed by atoms with E-state index in [1.165, 1.54) is 5.56 Å². The highest BCUT2D eigenvalue weighted by Gasteiger charge is 2.14. The summed E-state index contributed by atoms with van der Waals surface area (Å²) < 4.78 is 6.97. The predicted octanol–water partition coefficient (Wildman–Crippen LogP) is 8.18. The lowest BCUT2D eigenvalue weighted by molar-refractivity contribution is 0.102. The van der Waals surface area contributed by atoms with Crippen molar-refractivity contribution in [3.63, 3.8) is 0 Å². The molecule has 1 atom stereocenters. The van der Waals surface area contributed by atoms with E-state index in [-0.39, 0.29) is 5.91 Å². The molecule has 5 rings (SSSR count). The van der Waals surface area contributed by atoms with Crippen LogP contribution in [0.4, 0.5) is 5.69 Å². The van der Waals surface area contributed by atoms with Gasteiger partial charge in [0.15, 0.2) is 5.58 Å². The van der Waals surface area contributed by atoms with Crippen LogP contribution >= 0.6 is 15.9 Å². The van der Waals surface area contributed by atoms with Gasteiger partial charge in [-0.3, -0.25) is 4.79 Å². The summed E-state index contributed by atoms with van der Waals surface area (Å²) in [7, 11) is 0. The molecule has 4 nitrogen and oxygen atoms in total. The van der Waals surface area contributed by atoms with Gasteiger partial charge in [-0.05, 0) is 71.1 Å². The second-order valence-electron chi connectivity index (χ2n) is 8.23. The molecule has 0 spiro atoms. The minimum Gasteiger partial charge on any atom is -0.436 e. The molecule has 1 heterocycles. The Morgan fingerprint density at radius 2 is 1.79 bits per heavy atom. The van der Waals surface area contributed by atoms with E-state index in [1.54, 1.807) is 0 Å². The van der Waals surface area contributed by atoms with Crippen molar-refractivity contribution >= 4 is 49.4 Å². The normalized spacial score (nSPS) is 12.2. The van der Waals surface area contributed by atoms with Crippen LogP contribution in [-0.4, -0.2) is 10.9 Å². The summed E-state index contributed by atoms with van der Waals surface area (Å²) in [5.41, 5.74) is 4.99. The number of halogens is 1. The van der Waals surface area contributed by atoms with Gasteiger partial charge in [-0.25, -0.2) is 4.98 Å². The van der Waals surface area contributed by atoms with E-state index in [2.05, 4.69) is 47.2 Å². The molecule has 0 aliphatic heterocycles. The van der Waals surface area contributed by atoms with Crippen LogP contribution in [0.15, 0.2) is 87.8 Å². The lowest BCUT2D eigenvalue weighted by Gasteiger charge is -2.09. The number of aromatic nitrogens is 1. The van der Waals surface area contributed by atoms with Crippen molar-refractivity contribution in [2.45, 2.75) is 26.2 Å². The maximum Gasteiger partial charge on any atom is 0.256 e. The maximum atomic E-state index is 13.1. The summed E-state index contributed by atoms with van der Waals surface area (Å²) in [5, 5.41) is 4.92. The number of rotatable bonds is 5. The minimum atomic E-state index is -0.161. The van der Waals surface area contributed by atoms with Crippen LogP contribution in [0.5, 0.6) is 0 Å². The Bertz CT molecular complexity index is 1490. The zero-order valence-electron chi connectivity index (χ0n) is 18.4. The van der Waals surface area contributed by atoms with E-state index in [9.17, 15) is 4.79 Å². The molecule has 0 aliphatic carbocycles. The second-order valence-corrected chi connectivity index (χ2v) is 9.09. The van der Waals surface area contributed by atoms with Crippen molar-refractivity contribution in [3.05, 3.63) is 94.5 Å². The molecule has 1 amide bonds. The van der Waals surface area contributed by atoms with Crippen LogP contribution in [0.2, 0.25) is 0 Å². The molecule has 33 heavy (non-hydrogen) atoms. The number of nitrogens with one attached hydrogen (secondary N) is 1. The standard InChI is InChI=1S/C28H23BrN2O2/c1-3-17(2)18-13-14-26-25(16-18)31-28(33-26)19-7-4-8-20(15-19)30-27(32)23-11-5-10-22-21(23)9-6-12-24(22)29/h4-17H,3H2,1-2H3,(H,30,32). The first-order chi connectivity index (χ1) is 16.0. The van der Waals surface area contributed by atoms with E-state index in [0.717, 1.165) is 38.3 Å². The number of fused-ring (bicyclic) bond motifs is 2. The molecule has 0 saturated heterocycles. The summed E-state index contributed by atoms with van der Waals surface area (Å²) in [6.45, 7) is 4.39. The van der Waals surface area contributed by atoms with E-state index < -0.39 is 0 Å². The lowest BCUT2D eigenvalue weighted by atomic mass is 9.98. The van der Waals surface area contributed by atoms with Crippen molar-refractivity contribution < 1.29 is 9.21 Å². The number of anilines is 1. The smallest absolute Gasteiger partial charge is 0.256 e. The van der Waals surface area contributed by atoms with Crippen LogP contribution in [0.1, 0.15) is 42.1 Å². The Morgan fingerprint density at radius 1 is 1.00 bits per heavy atom. The SMILES string of the molecule is CCC(C)c1ccc2oc(-c3cccc(NC(=O)c4cccc5c(Br)cccc45)c3)nc2c1. The van der Waals surface area contributed by atoms with Crippen LogP contribution in [0.3, 0.4) is 0 Å². The van der Waals surface area contributed by atoms with Crippen molar-refractivity contribution in [1.82, 2.24) is 4.98 Å². The first-order valence-corrected chi connectivity index (χ1v) is 11.8. The van der Waals surface area contributed by atoms with Crippen molar-refractivity contribution in [2.24, 2.45) is 0 Å². The zero-order chi connectivity index (χ0) is 22.9. The van der Waals surface area contributed by atoms with Gasteiger partial charge in [0.2, 0.25) is 5.89 Å². The highest BCUT2D eigenvalue weighted by Crippen LogP contribution is 2.30. The number of hydrogen-bond donors (Lipinski definition) is 1. The average molecular weight is 499 g/mol. The number of hydrogen-bond acceptors (Lipinski definition) is 3. The number of benzene rings is 4. The molecule has 1 aromatic heterocycles. The highest BCUT2D eigenvalue weighted by atomic mass is 79.9. The predicted molar refractivity (Wildman–Crippen MR) is 138 cm³/mol. The Kier molecular flexibility index (Phi) is 5.73. The Morgan fingerprint density at radius 3 is 2.64 bits per heavy atom. The Labute approximate surface area is 200 Å². The molecular weight excluding hydrogens is 476 g/mol. The van der Waals surface area contributed by atoms with Crippen LogP contribution < -0.4 is 5.32 Å². The average Bonchev–Trinajstić information content (AvgIpc) is 3.27. The summed E-state index contributed by atoms with van der Waals surface area (Å²) in [5.74, 6) is 0.853. The third kappa shape index (κ3) is 4.16. The fourth-order valence-electron chi connectivity index (χ4n) is 4.01. The number of nitrogens with zero attached hydrogens (tertiary/aromatic N) is 1. The van der Waals surface area contributed by atoms with Gasteiger partial charge in [0.1, 0.15) is 5.52 Å². The van der Waals surface area contributed by atoms with Gasteiger partial charge in [-0.2, -0.15) is 0 Å². The van der Waals surface area contributed by atoms with Gasteiger partial charge in [0, 0.05) is 21.3 Å². The van der Waals surface area contributed by atoms with E-state index in [1.807, 2.05) is 66.7 Å². The number of amides is 1. The highest BCUT2D eigenvalue weighted by molar-refractivity contribution is 9.10. The Hall–Kier alpha value is -3.44. The maximum absolute atomic E-state index is 13.1. The summed E-state index contributed by atoms with van der Waals surface area (Å²) >= 11 is 3.56. The molecule has 5 aromatic rings. The molecule has 0 saturated carbocycles. The largest absolute Gasteiger partial charge is 0.436 e. The van der Waals surface area contributed by atoms with Crippen LogP contribution in [0.25, 0.3) is 33.3 Å². The summed E-state index contributed by atoms with van der Waals surface area (Å²) in [6.07, 6.45) is 1.08. The summed E-state index contributed by atoms with van der Waals surface area (Å²) in [6, 6.07) is 25.4. The van der Waals surface area contributed by atoms with Gasteiger partial charge >= 0.3 is 0 Å². The monoisotopic (exact) mass is 498 g/mol. The molecule has 0 fully saturated rings. The third-order valence-corrected chi connectivity index (χ3v) is 6.77. The van der Waals surface area contributed by atoms with Gasteiger partial charge in [0.05, 0.1) is 0 Å². The second kappa shape index (κ2) is 8.83. The third-order valence-electron chi connectivity index (χ3n) is 6.07. The molecule has 0 bridgehead atoms. The molecule has 164 valence electrons. The van der Waals surface area contributed by atoms with Crippen molar-refractivity contribution in [1.29, 1.82) is 0 Å². The number of carbonyl (C=O) groups is 1. The molecule has 1 N–H and O–H groups in total. The van der Waals surface area contributed by atoms with E-state index in [0.29, 0.717) is 23.1 Å². The van der Waals surface area contributed by atoms with Gasteiger partial charge < -0.3 is 9.73 Å². The topological polar surface area (TPSA) is 55.1 Å². The van der Waals surface area contributed by atoms with Crippen molar-refractivity contribution in [3.8, 4) is 11.5 Å². The van der Waals surface area contributed by atoms with Crippen LogP contribution in [-0.2, 0) is 0 Å². The number of carbonyl (C=O) groups excluding carboxylic acids is 1. The molecular formula is C28H23BrN2O2. The fourth-order valence-corrected chi connectivity index (χ4v) is 4.51. The van der Waals surface area contributed by atoms with E-state index in [4.69, 9.17) is 9.40 Å². The molecule has 1 unspecified atom stereocenters. The minimum absolute atomic E-state index is 0.161. The molecule has 5 heteroatoms. The van der Waals surface area contributed by atoms with Gasteiger partial charge in [0.25, 0.3) is 5.91 Å². The quantitative estimate of drug-likeness (QED) is 0.265. The van der Waals surface area contributed by atoms with Gasteiger partial charge in [-0.15, -0.1) is 0 Å².